The Morgan fingerprint density at radius 1 is 1.14 bits per heavy atom. The molecule has 4 rings (SSSR count). The molecule has 2 aromatic heterocycles. The molecule has 0 amide bonds. The van der Waals surface area contributed by atoms with Gasteiger partial charge in [0.25, 0.3) is 0 Å². The molecule has 0 radical (unpaired) electrons. The predicted molar refractivity (Wildman–Crippen MR) is 120 cm³/mol. The summed E-state index contributed by atoms with van der Waals surface area (Å²) < 4.78 is 1.09. The van der Waals surface area contributed by atoms with Crippen LogP contribution in [0.15, 0.2) is 57.9 Å². The SMILES string of the molecule is Cc1cc(CNC(C)CNc2cc(=O)c3ccccc3[nH]2)c2[nH]cc(Br)c2c1. The van der Waals surface area contributed by atoms with Crippen molar-refractivity contribution in [1.29, 1.82) is 0 Å². The molecule has 6 heteroatoms. The van der Waals surface area contributed by atoms with E-state index in [0.717, 1.165) is 27.9 Å². The van der Waals surface area contributed by atoms with Gasteiger partial charge in [-0.05, 0) is 53.5 Å². The maximum atomic E-state index is 12.2. The van der Waals surface area contributed by atoms with Gasteiger partial charge in [0, 0.05) is 46.6 Å². The highest BCUT2D eigenvalue weighted by atomic mass is 79.9. The quantitative estimate of drug-likeness (QED) is 0.353. The number of aromatic nitrogens is 2. The summed E-state index contributed by atoms with van der Waals surface area (Å²) in [6, 6.07) is 13.8. The average Bonchev–Trinajstić information content (AvgIpc) is 3.05. The van der Waals surface area contributed by atoms with Crippen LogP contribution in [-0.4, -0.2) is 22.6 Å². The van der Waals surface area contributed by atoms with E-state index in [9.17, 15) is 4.79 Å². The summed E-state index contributed by atoms with van der Waals surface area (Å²) in [5, 5.41) is 8.81. The van der Waals surface area contributed by atoms with Crippen LogP contribution < -0.4 is 16.1 Å². The first kappa shape index (κ1) is 18.8. The molecule has 4 aromatic rings. The van der Waals surface area contributed by atoms with Crippen molar-refractivity contribution < 1.29 is 0 Å². The Morgan fingerprint density at radius 3 is 2.82 bits per heavy atom. The minimum absolute atomic E-state index is 0.0249. The van der Waals surface area contributed by atoms with Gasteiger partial charge in [0.05, 0.1) is 11.0 Å². The van der Waals surface area contributed by atoms with Gasteiger partial charge in [-0.25, -0.2) is 0 Å². The van der Waals surface area contributed by atoms with E-state index < -0.39 is 0 Å². The summed E-state index contributed by atoms with van der Waals surface area (Å²) in [7, 11) is 0. The predicted octanol–water partition coefficient (Wildman–Crippen LogP) is 4.67. The Hall–Kier alpha value is -2.57. The van der Waals surface area contributed by atoms with E-state index in [-0.39, 0.29) is 11.5 Å². The zero-order chi connectivity index (χ0) is 19.7. The van der Waals surface area contributed by atoms with Crippen LogP contribution in [0.4, 0.5) is 5.82 Å². The molecule has 4 N–H and O–H groups in total. The molecule has 0 aliphatic rings. The molecule has 144 valence electrons. The van der Waals surface area contributed by atoms with Gasteiger partial charge in [0.2, 0.25) is 0 Å². The van der Waals surface area contributed by atoms with Gasteiger partial charge in [-0.3, -0.25) is 4.79 Å². The molecule has 28 heavy (non-hydrogen) atoms. The molecule has 0 aliphatic carbocycles. The van der Waals surface area contributed by atoms with E-state index in [0.29, 0.717) is 11.9 Å². The van der Waals surface area contributed by atoms with E-state index >= 15 is 0 Å². The zero-order valence-corrected chi connectivity index (χ0v) is 17.5. The Bertz CT molecular complexity index is 1190. The molecule has 0 spiro atoms. The molecule has 2 aromatic carbocycles. The van der Waals surface area contributed by atoms with Crippen LogP contribution in [0.25, 0.3) is 21.8 Å². The maximum absolute atomic E-state index is 12.2. The van der Waals surface area contributed by atoms with E-state index in [4.69, 9.17) is 0 Å². The first-order chi connectivity index (χ1) is 13.5. The van der Waals surface area contributed by atoms with Crippen LogP contribution in [-0.2, 0) is 6.54 Å². The van der Waals surface area contributed by atoms with Gasteiger partial charge in [-0.2, -0.15) is 0 Å². The highest BCUT2D eigenvalue weighted by Gasteiger charge is 2.09. The normalized spacial score (nSPS) is 12.5. The van der Waals surface area contributed by atoms with Crippen LogP contribution >= 0.6 is 15.9 Å². The van der Waals surface area contributed by atoms with Crippen molar-refractivity contribution in [2.45, 2.75) is 26.4 Å². The Morgan fingerprint density at radius 2 is 1.96 bits per heavy atom. The van der Waals surface area contributed by atoms with E-state index in [1.165, 1.54) is 16.5 Å². The van der Waals surface area contributed by atoms with Gasteiger partial charge in [0.1, 0.15) is 5.82 Å². The summed E-state index contributed by atoms with van der Waals surface area (Å²) in [5.41, 5.74) is 4.51. The summed E-state index contributed by atoms with van der Waals surface area (Å²) in [6.45, 7) is 5.72. The smallest absolute Gasteiger partial charge is 0.191 e. The number of hydrogen-bond acceptors (Lipinski definition) is 3. The lowest BCUT2D eigenvalue weighted by atomic mass is 10.1. The third kappa shape index (κ3) is 3.84. The Balaban J connectivity index is 1.42. The number of halogens is 1. The van der Waals surface area contributed by atoms with Crippen LogP contribution in [0.5, 0.6) is 0 Å². The van der Waals surface area contributed by atoms with Crippen molar-refractivity contribution in [2.75, 3.05) is 11.9 Å². The second-order valence-corrected chi connectivity index (χ2v) is 8.09. The molecular formula is C22H23BrN4O. The number of anilines is 1. The number of H-pyrrole nitrogens is 2. The van der Waals surface area contributed by atoms with Gasteiger partial charge in [0.15, 0.2) is 5.43 Å². The lowest BCUT2D eigenvalue weighted by Gasteiger charge is -2.16. The summed E-state index contributed by atoms with van der Waals surface area (Å²) in [6.07, 6.45) is 1.98. The third-order valence-corrected chi connectivity index (χ3v) is 5.60. The standard InChI is InChI=1S/C22H23BrN4O/c1-13-7-15(22-17(8-13)18(23)12-26-22)11-24-14(2)10-25-21-9-20(28)16-5-3-4-6-19(16)27-21/h3-9,12,14,24,26H,10-11H2,1-2H3,(H2,25,27,28). The van der Waals surface area contributed by atoms with Crippen molar-refractivity contribution in [1.82, 2.24) is 15.3 Å². The number of benzene rings is 2. The number of rotatable bonds is 6. The van der Waals surface area contributed by atoms with Crippen molar-refractivity contribution in [3.05, 3.63) is 74.5 Å². The van der Waals surface area contributed by atoms with Gasteiger partial charge >= 0.3 is 0 Å². The third-order valence-electron chi connectivity index (χ3n) is 4.94. The van der Waals surface area contributed by atoms with Gasteiger partial charge in [-0.1, -0.05) is 23.8 Å². The molecular weight excluding hydrogens is 416 g/mol. The molecule has 0 saturated heterocycles. The van der Waals surface area contributed by atoms with Crippen molar-refractivity contribution in [2.24, 2.45) is 0 Å². The lowest BCUT2D eigenvalue weighted by Crippen LogP contribution is -2.32. The summed E-state index contributed by atoms with van der Waals surface area (Å²) in [5.74, 6) is 0.739. The first-order valence-electron chi connectivity index (χ1n) is 9.36. The minimum atomic E-state index is 0.0249. The molecule has 0 bridgehead atoms. The number of fused-ring (bicyclic) bond motifs is 2. The Kier molecular flexibility index (Phi) is 5.24. The molecule has 1 unspecified atom stereocenters. The number of aryl methyl sites for hydroxylation is 1. The summed E-state index contributed by atoms with van der Waals surface area (Å²) in [4.78, 5) is 18.9. The van der Waals surface area contributed by atoms with Crippen molar-refractivity contribution >= 4 is 43.6 Å². The van der Waals surface area contributed by atoms with E-state index in [1.54, 1.807) is 6.07 Å². The first-order valence-corrected chi connectivity index (χ1v) is 10.2. The lowest BCUT2D eigenvalue weighted by molar-refractivity contribution is 0.569. The fraction of sp³-hybridized carbons (Fsp3) is 0.227. The number of pyridine rings is 1. The average molecular weight is 439 g/mol. The number of para-hydroxylation sites is 1. The van der Waals surface area contributed by atoms with Gasteiger partial charge < -0.3 is 20.6 Å². The van der Waals surface area contributed by atoms with Crippen LogP contribution in [0.3, 0.4) is 0 Å². The van der Waals surface area contributed by atoms with Gasteiger partial charge in [-0.15, -0.1) is 0 Å². The highest BCUT2D eigenvalue weighted by molar-refractivity contribution is 9.10. The Labute approximate surface area is 171 Å². The molecule has 5 nitrogen and oxygen atoms in total. The topological polar surface area (TPSA) is 72.7 Å². The monoisotopic (exact) mass is 438 g/mol. The van der Waals surface area contributed by atoms with Crippen LogP contribution in [0, 0.1) is 6.92 Å². The largest absolute Gasteiger partial charge is 0.370 e. The fourth-order valence-electron chi connectivity index (χ4n) is 3.48. The van der Waals surface area contributed by atoms with Crippen LogP contribution in [0.1, 0.15) is 18.1 Å². The minimum Gasteiger partial charge on any atom is -0.370 e. The van der Waals surface area contributed by atoms with E-state index in [2.05, 4.69) is 62.5 Å². The van der Waals surface area contributed by atoms with Crippen molar-refractivity contribution in [3.63, 3.8) is 0 Å². The zero-order valence-electron chi connectivity index (χ0n) is 15.9. The fourth-order valence-corrected chi connectivity index (χ4v) is 3.91. The summed E-state index contributed by atoms with van der Waals surface area (Å²) >= 11 is 3.60. The van der Waals surface area contributed by atoms with E-state index in [1.807, 2.05) is 30.5 Å². The van der Waals surface area contributed by atoms with Crippen molar-refractivity contribution in [3.8, 4) is 0 Å². The number of hydrogen-bond donors (Lipinski definition) is 4. The number of nitrogens with one attached hydrogen (secondary N) is 4. The molecule has 0 fully saturated rings. The molecule has 0 aliphatic heterocycles. The highest BCUT2D eigenvalue weighted by Crippen LogP contribution is 2.27. The van der Waals surface area contributed by atoms with Crippen LogP contribution in [0.2, 0.25) is 0 Å². The number of aromatic amines is 2. The maximum Gasteiger partial charge on any atom is 0.191 e. The molecule has 2 heterocycles. The molecule has 0 saturated carbocycles. The second-order valence-electron chi connectivity index (χ2n) is 7.24. The molecule has 1 atom stereocenters. The second kappa shape index (κ2) is 7.81.